The van der Waals surface area contributed by atoms with E-state index in [0.29, 0.717) is 0 Å². The maximum Gasteiger partial charge on any atom is 0.229 e. The maximum absolute atomic E-state index is 6.07. The number of aliphatic imine (C=N–C) groups is 1. The first kappa shape index (κ1) is 17.0. The van der Waals surface area contributed by atoms with Crippen molar-refractivity contribution in [1.82, 2.24) is 9.97 Å². The Morgan fingerprint density at radius 2 is 1.84 bits per heavy atom. The van der Waals surface area contributed by atoms with Gasteiger partial charge in [-0.05, 0) is 37.7 Å². The van der Waals surface area contributed by atoms with E-state index < -0.39 is 9.04 Å². The average Bonchev–Trinajstić information content (AvgIpc) is 2.63. The van der Waals surface area contributed by atoms with Gasteiger partial charge in [0.25, 0.3) is 0 Å². The van der Waals surface area contributed by atoms with Crippen molar-refractivity contribution in [3.05, 3.63) is 83.9 Å². The summed E-state index contributed by atoms with van der Waals surface area (Å²) in [4.78, 5) is 13.6. The first-order chi connectivity index (χ1) is 12.1. The van der Waals surface area contributed by atoms with Crippen molar-refractivity contribution >= 4 is 20.4 Å². The molecule has 126 valence electrons. The topological polar surface area (TPSA) is 47.4 Å². The van der Waals surface area contributed by atoms with Crippen LogP contribution in [0.1, 0.15) is 16.8 Å². The van der Waals surface area contributed by atoms with E-state index in [1.165, 1.54) is 0 Å². The zero-order valence-electron chi connectivity index (χ0n) is 14.7. The van der Waals surface area contributed by atoms with Crippen LogP contribution in [0.15, 0.2) is 72.1 Å². The minimum absolute atomic E-state index is 0.739. The van der Waals surface area contributed by atoms with Gasteiger partial charge in [0.1, 0.15) is 17.1 Å². The molecule has 0 aliphatic heterocycles. The second-order valence-electron chi connectivity index (χ2n) is 6.05. The number of benzene rings is 2. The van der Waals surface area contributed by atoms with E-state index in [1.807, 2.05) is 42.5 Å². The summed E-state index contributed by atoms with van der Waals surface area (Å²) < 4.78 is 6.07. The highest BCUT2D eigenvalue weighted by Crippen LogP contribution is 2.30. The molecule has 0 radical (unpaired) electrons. The second-order valence-corrected chi connectivity index (χ2v) is 8.39. The van der Waals surface area contributed by atoms with Crippen LogP contribution in [0.5, 0.6) is 5.75 Å². The average molecular weight is 347 g/mol. The third-order valence-corrected chi connectivity index (χ3v) is 4.29. The van der Waals surface area contributed by atoms with E-state index in [2.05, 4.69) is 36.1 Å². The van der Waals surface area contributed by atoms with E-state index in [0.717, 1.165) is 34.0 Å². The zero-order chi connectivity index (χ0) is 17.6. The van der Waals surface area contributed by atoms with Crippen LogP contribution in [0.2, 0.25) is 13.1 Å². The summed E-state index contributed by atoms with van der Waals surface area (Å²) in [6.45, 7) is 6.35. The summed E-state index contributed by atoms with van der Waals surface area (Å²) >= 11 is 0. The number of aromatic nitrogens is 2. The minimum atomic E-state index is -1.23. The van der Waals surface area contributed by atoms with Gasteiger partial charge in [-0.3, -0.25) is 9.97 Å². The smallest absolute Gasteiger partial charge is 0.229 e. The number of aryl methyl sites for hydroxylation is 1. The monoisotopic (exact) mass is 347 g/mol. The third kappa shape index (κ3) is 4.39. The normalized spacial score (nSPS) is 11.6. The number of hydrogen-bond acceptors (Lipinski definition) is 4. The molecule has 0 aliphatic carbocycles. The predicted molar refractivity (Wildman–Crippen MR) is 104 cm³/mol. The summed E-state index contributed by atoms with van der Waals surface area (Å²) in [6, 6.07) is 16.1. The van der Waals surface area contributed by atoms with E-state index in [1.54, 1.807) is 18.6 Å². The van der Waals surface area contributed by atoms with Gasteiger partial charge in [-0.1, -0.05) is 36.4 Å². The van der Waals surface area contributed by atoms with Gasteiger partial charge in [0.2, 0.25) is 9.04 Å². The lowest BCUT2D eigenvalue weighted by Crippen LogP contribution is -2.11. The number of nitrogens with zero attached hydrogens (tertiary/aromatic N) is 3. The predicted octanol–water partition coefficient (Wildman–Crippen LogP) is 4.32. The molecule has 1 heterocycles. The van der Waals surface area contributed by atoms with Gasteiger partial charge in [-0.25, -0.2) is 4.99 Å². The quantitative estimate of drug-likeness (QED) is 0.510. The molecule has 2 aromatic carbocycles. The van der Waals surface area contributed by atoms with Crippen LogP contribution < -0.4 is 4.43 Å². The third-order valence-electron chi connectivity index (χ3n) is 3.56. The number of hydrogen-bond donors (Lipinski definition) is 0. The van der Waals surface area contributed by atoms with Crippen molar-refractivity contribution in [3.63, 3.8) is 0 Å². The molecular weight excluding hydrogens is 326 g/mol. The minimum Gasteiger partial charge on any atom is -0.546 e. The molecule has 0 saturated heterocycles. The Kier molecular flexibility index (Phi) is 5.35. The SMILES string of the molecule is Cc1ccc(O[SiH](C)C)c(N=C(c2ccccc2)c2cnccn2)c1. The largest absolute Gasteiger partial charge is 0.546 e. The summed E-state index contributed by atoms with van der Waals surface area (Å²) in [6.07, 6.45) is 5.08. The summed E-state index contributed by atoms with van der Waals surface area (Å²) in [5.74, 6) is 0.824. The molecule has 0 atom stereocenters. The van der Waals surface area contributed by atoms with Gasteiger partial charge in [0, 0.05) is 18.0 Å². The van der Waals surface area contributed by atoms with Crippen molar-refractivity contribution in [2.24, 2.45) is 4.99 Å². The highest BCUT2D eigenvalue weighted by Gasteiger charge is 2.12. The van der Waals surface area contributed by atoms with E-state index in [4.69, 9.17) is 9.42 Å². The highest BCUT2D eigenvalue weighted by atomic mass is 28.3. The fourth-order valence-corrected chi connectivity index (χ4v) is 3.18. The lowest BCUT2D eigenvalue weighted by molar-refractivity contribution is 0.582. The molecule has 0 amide bonds. The standard InChI is InChI=1S/C20H21N3OSi/c1-15-9-10-19(24-25(2)3)17(13-15)23-20(16-7-5-4-6-8-16)18-14-21-11-12-22-18/h4-14,25H,1-3H3. The van der Waals surface area contributed by atoms with Crippen molar-refractivity contribution in [1.29, 1.82) is 0 Å². The van der Waals surface area contributed by atoms with Gasteiger partial charge < -0.3 is 4.43 Å². The molecule has 0 aliphatic rings. The Balaban J connectivity index is 2.15. The molecule has 0 bridgehead atoms. The Morgan fingerprint density at radius 1 is 1.04 bits per heavy atom. The second kappa shape index (κ2) is 7.85. The van der Waals surface area contributed by atoms with Crippen molar-refractivity contribution in [2.75, 3.05) is 0 Å². The molecule has 1 aromatic heterocycles. The molecule has 0 fully saturated rings. The molecule has 3 rings (SSSR count). The summed E-state index contributed by atoms with van der Waals surface area (Å²) in [5.41, 5.74) is 4.49. The van der Waals surface area contributed by atoms with Gasteiger partial charge in [-0.15, -0.1) is 0 Å². The molecule has 0 N–H and O–H groups in total. The van der Waals surface area contributed by atoms with Crippen LogP contribution in [0.25, 0.3) is 0 Å². The van der Waals surface area contributed by atoms with Crippen LogP contribution in [-0.4, -0.2) is 24.7 Å². The molecule has 4 nitrogen and oxygen atoms in total. The lowest BCUT2D eigenvalue weighted by Gasteiger charge is -2.14. The molecular formula is C20H21N3OSi. The molecule has 0 spiro atoms. The molecule has 25 heavy (non-hydrogen) atoms. The first-order valence-corrected chi connectivity index (χ1v) is 11.1. The van der Waals surface area contributed by atoms with Crippen LogP contribution >= 0.6 is 0 Å². The Hall–Kier alpha value is -2.79. The molecule has 3 aromatic rings. The molecule has 5 heteroatoms. The van der Waals surface area contributed by atoms with Gasteiger partial charge >= 0.3 is 0 Å². The van der Waals surface area contributed by atoms with Crippen molar-refractivity contribution in [3.8, 4) is 5.75 Å². The van der Waals surface area contributed by atoms with Crippen LogP contribution in [0, 0.1) is 6.92 Å². The zero-order valence-corrected chi connectivity index (χ0v) is 15.8. The lowest BCUT2D eigenvalue weighted by atomic mass is 10.1. The summed E-state index contributed by atoms with van der Waals surface area (Å²) in [5, 5.41) is 0. The van der Waals surface area contributed by atoms with E-state index in [9.17, 15) is 0 Å². The maximum atomic E-state index is 6.07. The Labute approximate surface area is 150 Å². The van der Waals surface area contributed by atoms with E-state index in [-0.39, 0.29) is 0 Å². The van der Waals surface area contributed by atoms with Crippen molar-refractivity contribution < 1.29 is 4.43 Å². The first-order valence-electron chi connectivity index (χ1n) is 8.31. The molecule has 0 unspecified atom stereocenters. The van der Waals surface area contributed by atoms with Gasteiger partial charge in [-0.2, -0.15) is 0 Å². The highest BCUT2D eigenvalue weighted by molar-refractivity contribution is 6.49. The Bertz CT molecular complexity index is 823. The van der Waals surface area contributed by atoms with Crippen LogP contribution in [-0.2, 0) is 0 Å². The van der Waals surface area contributed by atoms with Gasteiger partial charge in [0.15, 0.2) is 0 Å². The Morgan fingerprint density at radius 3 is 2.52 bits per heavy atom. The molecule has 0 saturated carbocycles. The number of rotatable bonds is 5. The van der Waals surface area contributed by atoms with Crippen LogP contribution in [0.3, 0.4) is 0 Å². The van der Waals surface area contributed by atoms with Crippen LogP contribution in [0.4, 0.5) is 5.69 Å². The summed E-state index contributed by atoms with van der Waals surface area (Å²) in [7, 11) is -1.23. The van der Waals surface area contributed by atoms with Crippen molar-refractivity contribution in [2.45, 2.75) is 20.0 Å². The van der Waals surface area contributed by atoms with Gasteiger partial charge in [0.05, 0.1) is 11.9 Å². The van der Waals surface area contributed by atoms with E-state index >= 15 is 0 Å². The fourth-order valence-electron chi connectivity index (χ4n) is 2.48. The fraction of sp³-hybridized carbons (Fsp3) is 0.150.